The highest BCUT2D eigenvalue weighted by Gasteiger charge is 2.40. The van der Waals surface area contributed by atoms with Gasteiger partial charge in [0.25, 0.3) is 0 Å². The molecule has 2 atom stereocenters. The van der Waals surface area contributed by atoms with Crippen molar-refractivity contribution in [2.24, 2.45) is 0 Å². The highest BCUT2D eigenvalue weighted by atomic mass is 35.5. The van der Waals surface area contributed by atoms with Crippen LogP contribution in [0.1, 0.15) is 34.6 Å². The van der Waals surface area contributed by atoms with Crippen molar-refractivity contribution in [2.45, 2.75) is 37.3 Å². The third-order valence-corrected chi connectivity index (χ3v) is 5.88. The first-order chi connectivity index (χ1) is 16.6. The van der Waals surface area contributed by atoms with Crippen molar-refractivity contribution in [3.8, 4) is 0 Å². The van der Waals surface area contributed by atoms with Gasteiger partial charge in [-0.05, 0) is 43.2 Å². The largest absolute Gasteiger partial charge is 0.464 e. The predicted octanol–water partition coefficient (Wildman–Crippen LogP) is 5.03. The van der Waals surface area contributed by atoms with E-state index in [9.17, 15) is 23.5 Å². The van der Waals surface area contributed by atoms with Gasteiger partial charge in [-0.2, -0.15) is 8.78 Å². The topological polar surface area (TPSA) is 89.0 Å². The Kier molecular flexibility index (Phi) is 9.04. The molecule has 1 fully saturated rings. The number of hydrogen-bond acceptors (Lipinski definition) is 6. The van der Waals surface area contributed by atoms with Gasteiger partial charge in [0.1, 0.15) is 11.8 Å². The summed E-state index contributed by atoms with van der Waals surface area (Å²) >= 11 is 11.6. The van der Waals surface area contributed by atoms with E-state index in [1.165, 1.54) is 30.2 Å². The van der Waals surface area contributed by atoms with Crippen molar-refractivity contribution < 1.29 is 33.0 Å². The van der Waals surface area contributed by atoms with Crippen LogP contribution in [0.5, 0.6) is 0 Å². The van der Waals surface area contributed by atoms with Crippen LogP contribution in [0.15, 0.2) is 48.6 Å². The van der Waals surface area contributed by atoms with E-state index < -0.39 is 35.7 Å². The Morgan fingerprint density at radius 3 is 2.74 bits per heavy atom. The summed E-state index contributed by atoms with van der Waals surface area (Å²) in [4.78, 5) is 29.6. The van der Waals surface area contributed by atoms with E-state index in [-0.39, 0.29) is 28.9 Å². The van der Waals surface area contributed by atoms with Gasteiger partial charge in [0.15, 0.2) is 0 Å². The summed E-state index contributed by atoms with van der Waals surface area (Å²) in [5.74, 6) is -4.20. The Bertz CT molecular complexity index is 1080. The summed E-state index contributed by atoms with van der Waals surface area (Å²) in [7, 11) is 1.27. The first-order valence-corrected chi connectivity index (χ1v) is 11.6. The van der Waals surface area contributed by atoms with Gasteiger partial charge in [0.2, 0.25) is 0 Å². The molecule has 3 rings (SSSR count). The number of carbonyl (C=O) groups excluding carboxylic acids is 2. The van der Waals surface area contributed by atoms with Gasteiger partial charge in [-0.1, -0.05) is 41.4 Å². The monoisotopic (exact) mass is 528 g/mol. The fraction of sp³-hybridized carbons (Fsp3) is 0.375. The summed E-state index contributed by atoms with van der Waals surface area (Å²) < 4.78 is 39.3. The molecule has 1 saturated heterocycles. The summed E-state index contributed by atoms with van der Waals surface area (Å²) in [6.45, 7) is 0.387. The lowest BCUT2D eigenvalue weighted by molar-refractivity contribution is -0.0929. The fourth-order valence-corrected chi connectivity index (χ4v) is 4.16. The standard InChI is InChI=1S/C24H24Cl2F2N2O5/c1-34-22(32)20-6-2-4-18(29-20)5-3-10-30-19(9-11-35-23(30)33)7-8-21(31)24(27,28)15-12-16(25)14-17(26)13-15/h2,4,6-8,12-14,19,21,31H,3,5,9-11H2,1H3. The van der Waals surface area contributed by atoms with E-state index in [1.54, 1.807) is 12.1 Å². The number of hydrogen-bond donors (Lipinski definition) is 1. The average Bonchev–Trinajstić information content (AvgIpc) is 2.82. The maximum absolute atomic E-state index is 14.8. The molecule has 2 heterocycles. The maximum Gasteiger partial charge on any atom is 0.410 e. The van der Waals surface area contributed by atoms with Gasteiger partial charge in [-0.15, -0.1) is 0 Å². The Morgan fingerprint density at radius 2 is 2.06 bits per heavy atom. The molecule has 2 aromatic rings. The molecular formula is C24H24Cl2F2N2O5. The average molecular weight is 529 g/mol. The number of aromatic nitrogens is 1. The molecule has 188 valence electrons. The quantitative estimate of drug-likeness (QED) is 0.362. The number of aliphatic hydroxyl groups excluding tert-OH is 1. The lowest BCUT2D eigenvalue weighted by Crippen LogP contribution is -2.45. The molecular weight excluding hydrogens is 505 g/mol. The van der Waals surface area contributed by atoms with Gasteiger partial charge < -0.3 is 19.5 Å². The summed E-state index contributed by atoms with van der Waals surface area (Å²) in [6.07, 6.45) is 0.915. The first kappa shape index (κ1) is 26.8. The van der Waals surface area contributed by atoms with Gasteiger partial charge in [-0.25, -0.2) is 14.6 Å². The first-order valence-electron chi connectivity index (χ1n) is 10.8. The van der Waals surface area contributed by atoms with Crippen LogP contribution < -0.4 is 0 Å². The number of rotatable bonds is 9. The van der Waals surface area contributed by atoms with Crippen LogP contribution >= 0.6 is 23.2 Å². The molecule has 1 aliphatic heterocycles. The van der Waals surface area contributed by atoms with Crippen LogP contribution in [0.4, 0.5) is 13.6 Å². The highest BCUT2D eigenvalue weighted by molar-refractivity contribution is 6.34. The maximum atomic E-state index is 14.8. The zero-order valence-electron chi connectivity index (χ0n) is 18.8. The van der Waals surface area contributed by atoms with Crippen molar-refractivity contribution in [1.82, 2.24) is 9.88 Å². The van der Waals surface area contributed by atoms with Gasteiger partial charge in [-0.3, -0.25) is 0 Å². The van der Waals surface area contributed by atoms with E-state index in [2.05, 4.69) is 9.72 Å². The molecule has 1 N–H and O–H groups in total. The lowest BCUT2D eigenvalue weighted by atomic mass is 10.0. The number of methoxy groups -OCH3 is 1. The minimum Gasteiger partial charge on any atom is -0.464 e. The zero-order chi connectivity index (χ0) is 25.6. The second kappa shape index (κ2) is 11.8. The van der Waals surface area contributed by atoms with Crippen molar-refractivity contribution in [2.75, 3.05) is 20.3 Å². The summed E-state index contributed by atoms with van der Waals surface area (Å²) in [6, 6.07) is 7.83. The number of halogens is 4. The minimum absolute atomic E-state index is 0.0242. The van der Waals surface area contributed by atoms with Crippen molar-refractivity contribution >= 4 is 35.3 Å². The normalized spacial score (nSPS) is 17.4. The molecule has 0 bridgehead atoms. The lowest BCUT2D eigenvalue weighted by Gasteiger charge is -2.33. The predicted molar refractivity (Wildman–Crippen MR) is 126 cm³/mol. The molecule has 7 nitrogen and oxygen atoms in total. The Morgan fingerprint density at radius 1 is 1.34 bits per heavy atom. The van der Waals surface area contributed by atoms with Crippen molar-refractivity contribution in [3.63, 3.8) is 0 Å². The van der Waals surface area contributed by atoms with Crippen LogP contribution in [0.3, 0.4) is 0 Å². The minimum atomic E-state index is -3.65. The van der Waals surface area contributed by atoms with Crippen molar-refractivity contribution in [1.29, 1.82) is 0 Å². The molecule has 11 heteroatoms. The van der Waals surface area contributed by atoms with Crippen LogP contribution in [0.2, 0.25) is 10.0 Å². The van der Waals surface area contributed by atoms with Crippen LogP contribution in [-0.2, 0) is 21.8 Å². The number of amides is 1. The number of aliphatic hydroxyl groups is 1. The molecule has 0 spiro atoms. The second-order valence-corrected chi connectivity index (χ2v) is 8.76. The molecule has 0 aliphatic carbocycles. The highest BCUT2D eigenvalue weighted by Crippen LogP contribution is 2.36. The molecule has 0 radical (unpaired) electrons. The number of pyridine rings is 1. The number of nitrogens with zero attached hydrogens (tertiary/aromatic N) is 2. The van der Waals surface area contributed by atoms with E-state index in [0.29, 0.717) is 25.0 Å². The molecule has 1 amide bonds. The molecule has 2 unspecified atom stereocenters. The van der Waals surface area contributed by atoms with Gasteiger partial charge in [0, 0.05) is 34.3 Å². The number of benzene rings is 1. The van der Waals surface area contributed by atoms with E-state index in [1.807, 2.05) is 0 Å². The molecule has 1 aromatic heterocycles. The third kappa shape index (κ3) is 6.90. The number of cyclic esters (lactones) is 1. The molecule has 35 heavy (non-hydrogen) atoms. The van der Waals surface area contributed by atoms with Crippen LogP contribution in [0.25, 0.3) is 0 Å². The smallest absolute Gasteiger partial charge is 0.410 e. The number of aryl methyl sites for hydroxylation is 1. The van der Waals surface area contributed by atoms with E-state index >= 15 is 0 Å². The van der Waals surface area contributed by atoms with Gasteiger partial charge >= 0.3 is 18.0 Å². The Balaban J connectivity index is 1.65. The summed E-state index contributed by atoms with van der Waals surface area (Å²) in [5.41, 5.74) is 0.299. The molecule has 0 saturated carbocycles. The van der Waals surface area contributed by atoms with E-state index in [4.69, 9.17) is 27.9 Å². The number of esters is 1. The van der Waals surface area contributed by atoms with Crippen LogP contribution in [-0.4, -0.2) is 59.5 Å². The third-order valence-electron chi connectivity index (χ3n) is 5.44. The number of ether oxygens (including phenoxy) is 2. The number of alkyl halides is 2. The SMILES string of the molecule is COC(=O)c1cccc(CCCN2C(=O)OCCC2C=CC(O)C(F)(F)c2cc(Cl)cc(Cl)c2)n1. The number of carbonyl (C=O) groups is 2. The fourth-order valence-electron chi connectivity index (χ4n) is 3.64. The molecule has 1 aromatic carbocycles. The zero-order valence-corrected chi connectivity index (χ0v) is 20.3. The Hall–Kier alpha value is -2.75. The van der Waals surface area contributed by atoms with E-state index in [0.717, 1.165) is 18.2 Å². The van der Waals surface area contributed by atoms with Crippen molar-refractivity contribution in [3.05, 3.63) is 75.5 Å². The van der Waals surface area contributed by atoms with Crippen LogP contribution in [0, 0.1) is 0 Å². The van der Waals surface area contributed by atoms with Gasteiger partial charge in [0.05, 0.1) is 19.8 Å². The summed E-state index contributed by atoms with van der Waals surface area (Å²) in [5, 5.41) is 10.3. The Labute approximate surface area is 211 Å². The second-order valence-electron chi connectivity index (χ2n) is 7.88. The molecule has 1 aliphatic rings.